The molecule has 0 unspecified atom stereocenters. The Labute approximate surface area is 184 Å². The van der Waals surface area contributed by atoms with Gasteiger partial charge in [-0.15, -0.1) is 11.3 Å². The molecular weight excluding hydrogens is 418 g/mol. The lowest BCUT2D eigenvalue weighted by atomic mass is 9.87. The number of likely N-dealkylation sites (tertiary alicyclic amines) is 1. The second-order valence-electron chi connectivity index (χ2n) is 8.04. The van der Waals surface area contributed by atoms with Crippen molar-refractivity contribution in [2.75, 3.05) is 18.4 Å². The van der Waals surface area contributed by atoms with Gasteiger partial charge in [-0.05, 0) is 32.8 Å². The predicted molar refractivity (Wildman–Crippen MR) is 114 cm³/mol. The number of hydrogen-bond acceptors (Lipinski definition) is 8. The lowest BCUT2D eigenvalue weighted by Crippen LogP contribution is -2.54. The van der Waals surface area contributed by atoms with E-state index in [1.807, 2.05) is 6.92 Å². The highest BCUT2D eigenvalue weighted by Gasteiger charge is 2.52. The van der Waals surface area contributed by atoms with E-state index in [1.54, 1.807) is 19.2 Å². The van der Waals surface area contributed by atoms with Crippen LogP contribution in [0.25, 0.3) is 0 Å². The Morgan fingerprint density at radius 1 is 1.23 bits per heavy atom. The molecule has 2 fully saturated rings. The fraction of sp³-hybridized carbons (Fsp3) is 0.500. The van der Waals surface area contributed by atoms with E-state index in [-0.39, 0.29) is 24.4 Å². The molecule has 1 spiro atoms. The number of nitrogens with zero attached hydrogens (tertiary/aromatic N) is 5. The highest BCUT2D eigenvalue weighted by Crippen LogP contribution is 2.31. The van der Waals surface area contributed by atoms with Crippen molar-refractivity contribution >= 4 is 34.3 Å². The summed E-state index contributed by atoms with van der Waals surface area (Å²) in [7, 11) is 0. The first-order chi connectivity index (χ1) is 14.7. The Morgan fingerprint density at radius 2 is 1.97 bits per heavy atom. The van der Waals surface area contributed by atoms with Crippen LogP contribution in [-0.4, -0.2) is 61.2 Å². The third kappa shape index (κ3) is 4.57. The number of urea groups is 1. The number of hydrogen-bond donors (Lipinski definition) is 2. The summed E-state index contributed by atoms with van der Waals surface area (Å²) >= 11 is 1.44. The number of piperidine rings is 1. The van der Waals surface area contributed by atoms with Crippen molar-refractivity contribution in [3.63, 3.8) is 0 Å². The minimum atomic E-state index is -0.847. The topological polar surface area (TPSA) is 120 Å². The molecule has 31 heavy (non-hydrogen) atoms. The van der Waals surface area contributed by atoms with Crippen molar-refractivity contribution in [2.24, 2.45) is 0 Å². The first-order valence-electron chi connectivity index (χ1n) is 10.1. The number of carbonyl (C=O) groups excluding carboxylic acids is 3. The number of imide groups is 1. The molecule has 2 N–H and O–H groups in total. The first-order valence-corrected chi connectivity index (χ1v) is 11.0. The van der Waals surface area contributed by atoms with E-state index in [9.17, 15) is 14.4 Å². The van der Waals surface area contributed by atoms with Gasteiger partial charge in [0, 0.05) is 43.3 Å². The molecule has 4 heterocycles. The van der Waals surface area contributed by atoms with Gasteiger partial charge in [-0.3, -0.25) is 19.4 Å². The highest BCUT2D eigenvalue weighted by molar-refractivity contribution is 7.15. The molecular formula is C20H25N7O3S. The number of amides is 4. The first kappa shape index (κ1) is 21.3. The molecule has 4 rings (SSSR count). The van der Waals surface area contributed by atoms with E-state index in [0.717, 1.165) is 10.6 Å². The van der Waals surface area contributed by atoms with Crippen LogP contribution >= 0.6 is 11.3 Å². The summed E-state index contributed by atoms with van der Waals surface area (Å²) in [6.45, 7) is 7.31. The van der Waals surface area contributed by atoms with Crippen LogP contribution in [-0.2, 0) is 22.7 Å². The van der Waals surface area contributed by atoms with Gasteiger partial charge in [0.05, 0.1) is 12.2 Å². The molecule has 2 aliphatic rings. The van der Waals surface area contributed by atoms with Crippen molar-refractivity contribution in [3.05, 3.63) is 34.4 Å². The standard InChI is InChI=1S/C20H25N7O3S/c1-12-8-15(23-13(2)22-12)10-27-17(29)20(25-19(27)30)4-6-26(7-5-20)11-16-9-21-18(31-16)24-14(3)28/h8-9H,4-7,10-11H2,1-3H3,(H,25,30)(H,21,24,28). The van der Waals surface area contributed by atoms with E-state index in [1.165, 1.54) is 23.2 Å². The molecule has 0 radical (unpaired) electrons. The quantitative estimate of drug-likeness (QED) is 0.673. The average Bonchev–Trinajstić information content (AvgIpc) is 3.20. The van der Waals surface area contributed by atoms with Crippen LogP contribution in [0.1, 0.15) is 41.9 Å². The smallest absolute Gasteiger partial charge is 0.323 e. The molecule has 2 aromatic heterocycles. The van der Waals surface area contributed by atoms with Gasteiger partial charge in [-0.25, -0.2) is 19.7 Å². The number of anilines is 1. The molecule has 2 aliphatic heterocycles. The van der Waals surface area contributed by atoms with Crippen LogP contribution in [0.3, 0.4) is 0 Å². The van der Waals surface area contributed by atoms with Gasteiger partial charge in [-0.1, -0.05) is 0 Å². The monoisotopic (exact) mass is 443 g/mol. The van der Waals surface area contributed by atoms with Crippen molar-refractivity contribution in [3.8, 4) is 0 Å². The number of carbonyl (C=O) groups is 3. The maximum atomic E-state index is 13.2. The number of aromatic nitrogens is 3. The average molecular weight is 444 g/mol. The summed E-state index contributed by atoms with van der Waals surface area (Å²) < 4.78 is 0. The van der Waals surface area contributed by atoms with Crippen LogP contribution in [0, 0.1) is 13.8 Å². The number of aryl methyl sites for hydroxylation is 2. The van der Waals surface area contributed by atoms with E-state index in [2.05, 4.69) is 30.5 Å². The zero-order valence-electron chi connectivity index (χ0n) is 17.8. The fourth-order valence-corrected chi connectivity index (χ4v) is 5.00. The summed E-state index contributed by atoms with van der Waals surface area (Å²) in [5, 5.41) is 6.21. The van der Waals surface area contributed by atoms with Crippen molar-refractivity contribution in [1.29, 1.82) is 0 Å². The lowest BCUT2D eigenvalue weighted by molar-refractivity contribution is -0.133. The Bertz CT molecular complexity index is 1010. The minimum Gasteiger partial charge on any atom is -0.323 e. The molecule has 0 atom stereocenters. The van der Waals surface area contributed by atoms with Gasteiger partial charge in [-0.2, -0.15) is 0 Å². The molecule has 2 aromatic rings. The molecule has 10 nitrogen and oxygen atoms in total. The van der Waals surface area contributed by atoms with Crippen LogP contribution in [0.5, 0.6) is 0 Å². The van der Waals surface area contributed by atoms with Crippen molar-refractivity contribution < 1.29 is 14.4 Å². The number of nitrogens with one attached hydrogen (secondary N) is 2. The second kappa shape index (κ2) is 8.31. The summed E-state index contributed by atoms with van der Waals surface area (Å²) in [6, 6.07) is 1.43. The minimum absolute atomic E-state index is 0.145. The van der Waals surface area contributed by atoms with Crippen LogP contribution in [0.2, 0.25) is 0 Å². The highest BCUT2D eigenvalue weighted by atomic mass is 32.1. The molecule has 2 saturated heterocycles. The zero-order valence-corrected chi connectivity index (χ0v) is 18.6. The summed E-state index contributed by atoms with van der Waals surface area (Å²) in [5.41, 5.74) is 0.616. The predicted octanol–water partition coefficient (Wildman–Crippen LogP) is 1.59. The molecule has 4 amide bonds. The maximum Gasteiger partial charge on any atom is 0.325 e. The number of thiazole rings is 1. The van der Waals surface area contributed by atoms with Crippen molar-refractivity contribution in [1.82, 2.24) is 30.1 Å². The van der Waals surface area contributed by atoms with E-state index >= 15 is 0 Å². The van der Waals surface area contributed by atoms with Gasteiger partial charge < -0.3 is 10.6 Å². The molecule has 0 saturated carbocycles. The van der Waals surface area contributed by atoms with Crippen LogP contribution in [0.4, 0.5) is 9.93 Å². The molecule has 164 valence electrons. The van der Waals surface area contributed by atoms with Gasteiger partial charge in [0.25, 0.3) is 5.91 Å². The zero-order chi connectivity index (χ0) is 22.2. The van der Waals surface area contributed by atoms with Crippen molar-refractivity contribution in [2.45, 2.75) is 52.2 Å². The van der Waals surface area contributed by atoms with Gasteiger partial charge in [0.1, 0.15) is 11.4 Å². The molecule has 0 aliphatic carbocycles. The SMILES string of the molecule is CC(=O)Nc1ncc(CN2CCC3(CC2)NC(=O)N(Cc2cc(C)nc(C)n2)C3=O)s1. The van der Waals surface area contributed by atoms with E-state index < -0.39 is 5.54 Å². The van der Waals surface area contributed by atoms with Gasteiger partial charge in [0.15, 0.2) is 5.13 Å². The third-order valence-electron chi connectivity index (χ3n) is 5.51. The van der Waals surface area contributed by atoms with Crippen LogP contribution < -0.4 is 10.6 Å². The van der Waals surface area contributed by atoms with Crippen LogP contribution in [0.15, 0.2) is 12.3 Å². The third-order valence-corrected chi connectivity index (χ3v) is 6.41. The maximum absolute atomic E-state index is 13.2. The second-order valence-corrected chi connectivity index (χ2v) is 9.16. The molecule has 0 aromatic carbocycles. The number of rotatable bonds is 5. The Balaban J connectivity index is 1.37. The lowest BCUT2D eigenvalue weighted by Gasteiger charge is -2.37. The summed E-state index contributed by atoms with van der Waals surface area (Å²) in [6.07, 6.45) is 2.86. The molecule has 11 heteroatoms. The summed E-state index contributed by atoms with van der Waals surface area (Å²) in [4.78, 5) is 54.3. The molecule has 0 bridgehead atoms. The van der Waals surface area contributed by atoms with E-state index in [0.29, 0.717) is 49.1 Å². The Morgan fingerprint density at radius 3 is 2.65 bits per heavy atom. The van der Waals surface area contributed by atoms with Gasteiger partial charge in [0.2, 0.25) is 5.91 Å². The van der Waals surface area contributed by atoms with E-state index in [4.69, 9.17) is 0 Å². The summed E-state index contributed by atoms with van der Waals surface area (Å²) in [5.74, 6) is 0.291. The largest absolute Gasteiger partial charge is 0.325 e. The van der Waals surface area contributed by atoms with Gasteiger partial charge >= 0.3 is 6.03 Å². The fourth-order valence-electron chi connectivity index (χ4n) is 4.10. The normalized spacial score (nSPS) is 18.5. The Hall–Kier alpha value is -2.92. The Kier molecular flexibility index (Phi) is 5.71.